The third-order valence-corrected chi connectivity index (χ3v) is 8.63. The number of carbonyl (C=O) groups excluding carboxylic acids is 1. The first-order valence-electron chi connectivity index (χ1n) is 11.6. The number of hydrogen-bond acceptors (Lipinski definition) is 6. The Morgan fingerprint density at radius 1 is 1.28 bits per heavy atom. The minimum absolute atomic E-state index is 0.0931. The minimum atomic E-state index is -2.25. The summed E-state index contributed by atoms with van der Waals surface area (Å²) >= 11 is 3.21. The Morgan fingerprint density at radius 2 is 2.09 bits per heavy atom. The van der Waals surface area contributed by atoms with Crippen LogP contribution in [0.15, 0.2) is 6.20 Å². The normalized spacial score (nSPS) is 21.6. The third-order valence-electron chi connectivity index (χ3n) is 6.50. The van der Waals surface area contributed by atoms with Crippen LogP contribution >= 0.6 is 22.7 Å². The van der Waals surface area contributed by atoms with Gasteiger partial charge in [-0.3, -0.25) is 9.69 Å². The topological polar surface area (TPSA) is 58.1 Å². The molecule has 4 rings (SSSR count). The van der Waals surface area contributed by atoms with Gasteiger partial charge < -0.3 is 5.32 Å². The highest BCUT2D eigenvalue weighted by atomic mass is 32.1. The standard InChI is InChI=1S/C23H32F2N4OS2/c1-15-26-13-18(31-15)12-22(30)27-17-4-2-16(3-5-17)8-10-29-11-9-20-19(14-29)28-23(32-20)7-6-21(24)25/h13,16-17,21H,2-12,14H2,1H3,(H,27,30). The van der Waals surface area contributed by atoms with E-state index in [9.17, 15) is 13.6 Å². The summed E-state index contributed by atoms with van der Waals surface area (Å²) in [5, 5.41) is 5.07. The summed E-state index contributed by atoms with van der Waals surface area (Å²) in [6, 6.07) is 0.298. The molecule has 5 nitrogen and oxygen atoms in total. The minimum Gasteiger partial charge on any atom is -0.353 e. The van der Waals surface area contributed by atoms with Crippen LogP contribution in [0.4, 0.5) is 8.78 Å². The van der Waals surface area contributed by atoms with E-state index in [0.717, 1.165) is 72.3 Å². The lowest BCUT2D eigenvalue weighted by Crippen LogP contribution is -2.39. The summed E-state index contributed by atoms with van der Waals surface area (Å²) in [5.41, 5.74) is 1.10. The van der Waals surface area contributed by atoms with Gasteiger partial charge in [0.2, 0.25) is 12.3 Å². The van der Waals surface area contributed by atoms with Gasteiger partial charge >= 0.3 is 0 Å². The van der Waals surface area contributed by atoms with Crippen molar-refractivity contribution in [3.8, 4) is 0 Å². The molecule has 1 aliphatic carbocycles. The molecular weight excluding hydrogens is 450 g/mol. The fraction of sp³-hybridized carbons (Fsp3) is 0.696. The second-order valence-corrected chi connectivity index (χ2v) is 11.5. The first-order valence-corrected chi connectivity index (χ1v) is 13.3. The monoisotopic (exact) mass is 482 g/mol. The fourth-order valence-corrected chi connectivity index (χ4v) is 6.60. The van der Waals surface area contributed by atoms with Gasteiger partial charge in [-0.15, -0.1) is 22.7 Å². The van der Waals surface area contributed by atoms with E-state index in [4.69, 9.17) is 0 Å². The number of rotatable bonds is 9. The molecule has 3 heterocycles. The molecule has 0 atom stereocenters. The Hall–Kier alpha value is -1.45. The van der Waals surface area contributed by atoms with Crippen LogP contribution < -0.4 is 5.32 Å². The Bertz CT molecular complexity index is 892. The Labute approximate surface area is 196 Å². The van der Waals surface area contributed by atoms with Crippen LogP contribution in [0.5, 0.6) is 0 Å². The van der Waals surface area contributed by atoms with Gasteiger partial charge in [0.1, 0.15) is 0 Å². The zero-order valence-corrected chi connectivity index (χ0v) is 20.2. The van der Waals surface area contributed by atoms with Crippen LogP contribution in [-0.4, -0.2) is 46.3 Å². The van der Waals surface area contributed by atoms with E-state index in [2.05, 4.69) is 20.2 Å². The van der Waals surface area contributed by atoms with Gasteiger partial charge in [0.15, 0.2) is 0 Å². The number of amides is 1. The summed E-state index contributed by atoms with van der Waals surface area (Å²) in [5.74, 6) is 0.822. The number of thiazole rings is 2. The van der Waals surface area contributed by atoms with Crippen LogP contribution in [0.3, 0.4) is 0 Å². The SMILES string of the molecule is Cc1ncc(CC(=O)NC2CCC(CCN3CCc4sc(CCC(F)F)nc4C3)CC2)s1. The maximum Gasteiger partial charge on any atom is 0.239 e. The van der Waals surface area contributed by atoms with Crippen LogP contribution in [0.2, 0.25) is 0 Å². The van der Waals surface area contributed by atoms with Crippen LogP contribution in [-0.2, 0) is 30.6 Å². The summed E-state index contributed by atoms with van der Waals surface area (Å²) in [6.45, 7) is 4.91. The fourth-order valence-electron chi connectivity index (χ4n) is 4.72. The van der Waals surface area contributed by atoms with Crippen LogP contribution in [0.25, 0.3) is 0 Å². The lowest BCUT2D eigenvalue weighted by atomic mass is 9.84. The Balaban J connectivity index is 1.14. The highest BCUT2D eigenvalue weighted by Crippen LogP contribution is 2.30. The molecule has 1 amide bonds. The molecule has 0 radical (unpaired) electrons. The molecule has 1 N–H and O–H groups in total. The summed E-state index contributed by atoms with van der Waals surface area (Å²) in [6.07, 6.45) is 6.89. The zero-order valence-electron chi connectivity index (χ0n) is 18.6. The van der Waals surface area contributed by atoms with Gasteiger partial charge in [-0.1, -0.05) is 0 Å². The molecule has 1 aliphatic heterocycles. The van der Waals surface area contributed by atoms with E-state index >= 15 is 0 Å². The van der Waals surface area contributed by atoms with Crippen molar-refractivity contribution in [2.75, 3.05) is 13.1 Å². The Kier molecular flexibility index (Phi) is 8.23. The first kappa shape index (κ1) is 23.7. The third kappa shape index (κ3) is 6.78. The van der Waals surface area contributed by atoms with Gasteiger partial charge in [-0.05, 0) is 57.9 Å². The van der Waals surface area contributed by atoms with E-state index in [1.807, 2.05) is 6.92 Å². The van der Waals surface area contributed by atoms with Crippen molar-refractivity contribution in [3.63, 3.8) is 0 Å². The summed E-state index contributed by atoms with van der Waals surface area (Å²) in [7, 11) is 0. The first-order chi connectivity index (χ1) is 15.4. The number of aryl methyl sites for hydroxylation is 2. The van der Waals surface area contributed by atoms with Crippen LogP contribution in [0, 0.1) is 12.8 Å². The van der Waals surface area contributed by atoms with Gasteiger partial charge in [0.05, 0.1) is 22.1 Å². The lowest BCUT2D eigenvalue weighted by molar-refractivity contribution is -0.121. The van der Waals surface area contributed by atoms with Crippen molar-refractivity contribution in [3.05, 3.63) is 31.7 Å². The van der Waals surface area contributed by atoms with Crippen molar-refractivity contribution in [1.29, 1.82) is 0 Å². The van der Waals surface area contributed by atoms with Crippen molar-refractivity contribution < 1.29 is 13.6 Å². The largest absolute Gasteiger partial charge is 0.353 e. The van der Waals surface area contributed by atoms with Crippen LogP contribution in [0.1, 0.15) is 64.0 Å². The number of nitrogens with one attached hydrogen (secondary N) is 1. The molecule has 0 bridgehead atoms. The highest BCUT2D eigenvalue weighted by Gasteiger charge is 2.25. The van der Waals surface area contributed by atoms with E-state index < -0.39 is 6.43 Å². The molecule has 32 heavy (non-hydrogen) atoms. The molecule has 0 aromatic carbocycles. The quantitative estimate of drug-likeness (QED) is 0.559. The molecule has 0 unspecified atom stereocenters. The predicted molar refractivity (Wildman–Crippen MR) is 124 cm³/mol. The predicted octanol–water partition coefficient (Wildman–Crippen LogP) is 4.77. The number of hydrogen-bond donors (Lipinski definition) is 1. The van der Waals surface area contributed by atoms with Crippen molar-refractivity contribution in [1.82, 2.24) is 20.2 Å². The van der Waals surface area contributed by atoms with E-state index in [1.54, 1.807) is 28.9 Å². The van der Waals surface area contributed by atoms with Gasteiger partial charge in [-0.25, -0.2) is 18.7 Å². The number of alkyl halides is 2. The van der Waals surface area contributed by atoms with Gasteiger partial charge in [0, 0.05) is 47.9 Å². The zero-order chi connectivity index (χ0) is 22.5. The van der Waals surface area contributed by atoms with Crippen molar-refractivity contribution in [2.24, 2.45) is 5.92 Å². The summed E-state index contributed by atoms with van der Waals surface area (Å²) in [4.78, 5) is 25.9. The van der Waals surface area contributed by atoms with E-state index in [1.165, 1.54) is 11.3 Å². The molecule has 2 aromatic heterocycles. The second-order valence-electron chi connectivity index (χ2n) is 9.03. The van der Waals surface area contributed by atoms with Crippen molar-refractivity contribution in [2.45, 2.75) is 83.7 Å². The molecule has 2 aromatic rings. The highest BCUT2D eigenvalue weighted by molar-refractivity contribution is 7.12. The molecule has 0 saturated heterocycles. The number of aromatic nitrogens is 2. The second kappa shape index (κ2) is 11.1. The molecule has 1 saturated carbocycles. The van der Waals surface area contributed by atoms with E-state index in [-0.39, 0.29) is 12.3 Å². The number of carbonyl (C=O) groups is 1. The molecular formula is C23H32F2N4OS2. The lowest BCUT2D eigenvalue weighted by Gasteiger charge is -2.32. The van der Waals surface area contributed by atoms with E-state index in [0.29, 0.717) is 24.8 Å². The molecule has 176 valence electrons. The van der Waals surface area contributed by atoms with Gasteiger partial charge in [0.25, 0.3) is 0 Å². The summed E-state index contributed by atoms with van der Waals surface area (Å²) < 4.78 is 24.9. The van der Waals surface area contributed by atoms with Crippen molar-refractivity contribution >= 4 is 28.6 Å². The molecule has 9 heteroatoms. The number of nitrogens with zero attached hydrogens (tertiary/aromatic N) is 3. The molecule has 2 aliphatic rings. The maximum atomic E-state index is 12.5. The number of fused-ring (bicyclic) bond motifs is 1. The average Bonchev–Trinajstić information content (AvgIpc) is 3.36. The smallest absolute Gasteiger partial charge is 0.239 e. The molecule has 0 spiro atoms. The Morgan fingerprint density at radius 3 is 2.81 bits per heavy atom. The average molecular weight is 483 g/mol. The maximum absolute atomic E-state index is 12.5. The molecule has 1 fully saturated rings. The number of halogens is 2. The van der Waals surface area contributed by atoms with Gasteiger partial charge in [-0.2, -0.15) is 0 Å².